The van der Waals surface area contributed by atoms with Crippen molar-refractivity contribution < 1.29 is 0 Å². The summed E-state index contributed by atoms with van der Waals surface area (Å²) in [6.07, 6.45) is 3.67. The number of aromatic nitrogens is 3. The maximum absolute atomic E-state index is 6.19. The fourth-order valence-corrected chi connectivity index (χ4v) is 3.07. The molecule has 0 bridgehead atoms. The molecule has 4 nitrogen and oxygen atoms in total. The Balaban J connectivity index is 2.03. The molecule has 18 heavy (non-hydrogen) atoms. The first kappa shape index (κ1) is 11.6. The van der Waals surface area contributed by atoms with Gasteiger partial charge < -0.3 is 5.73 Å². The van der Waals surface area contributed by atoms with Gasteiger partial charge in [0.05, 0.1) is 22.5 Å². The lowest BCUT2D eigenvalue weighted by molar-refractivity contribution is 0.765. The van der Waals surface area contributed by atoms with Gasteiger partial charge in [0.15, 0.2) is 0 Å². The molecule has 0 aliphatic heterocycles. The molecular weight excluding hydrogens is 268 g/mol. The van der Waals surface area contributed by atoms with Gasteiger partial charge in [-0.25, -0.2) is 4.98 Å². The van der Waals surface area contributed by atoms with Crippen LogP contribution in [0.5, 0.6) is 0 Å². The molecule has 2 heterocycles. The van der Waals surface area contributed by atoms with Gasteiger partial charge >= 0.3 is 0 Å². The second kappa shape index (κ2) is 4.35. The van der Waals surface area contributed by atoms with Crippen LogP contribution < -0.4 is 5.73 Å². The van der Waals surface area contributed by atoms with E-state index >= 15 is 0 Å². The summed E-state index contributed by atoms with van der Waals surface area (Å²) in [6, 6.07) is 5.42. The van der Waals surface area contributed by atoms with Gasteiger partial charge in [-0.2, -0.15) is 5.10 Å². The monoisotopic (exact) mass is 278 g/mol. The highest BCUT2D eigenvalue weighted by Gasteiger charge is 2.15. The van der Waals surface area contributed by atoms with Crippen molar-refractivity contribution in [3.05, 3.63) is 46.2 Å². The minimum absolute atomic E-state index is 0.241. The zero-order chi connectivity index (χ0) is 12.7. The Labute approximate surface area is 113 Å². The Hall–Kier alpha value is -1.43. The lowest BCUT2D eigenvalue weighted by Gasteiger charge is -2.03. The summed E-state index contributed by atoms with van der Waals surface area (Å²) >= 11 is 7.53. The predicted octanol–water partition coefficient (Wildman–Crippen LogP) is 2.73. The Kier molecular flexibility index (Phi) is 2.81. The molecule has 0 aliphatic rings. The van der Waals surface area contributed by atoms with Crippen LogP contribution in [0.3, 0.4) is 0 Å². The van der Waals surface area contributed by atoms with Crippen LogP contribution in [0.15, 0.2) is 30.6 Å². The number of hydrogen-bond donors (Lipinski definition) is 1. The summed E-state index contributed by atoms with van der Waals surface area (Å²) < 4.78 is 2.79. The number of benzene rings is 1. The van der Waals surface area contributed by atoms with Crippen molar-refractivity contribution in [2.45, 2.75) is 6.04 Å². The minimum Gasteiger partial charge on any atom is -0.318 e. The summed E-state index contributed by atoms with van der Waals surface area (Å²) in [5.74, 6) is 0. The van der Waals surface area contributed by atoms with Crippen molar-refractivity contribution in [1.82, 2.24) is 14.8 Å². The van der Waals surface area contributed by atoms with Gasteiger partial charge in [0.2, 0.25) is 0 Å². The first-order valence-electron chi connectivity index (χ1n) is 5.43. The molecule has 3 aromatic rings. The second-order valence-corrected chi connectivity index (χ2v) is 5.59. The fraction of sp³-hybridized carbons (Fsp3) is 0.167. The van der Waals surface area contributed by atoms with Crippen molar-refractivity contribution in [3.8, 4) is 0 Å². The molecule has 1 aromatic carbocycles. The molecule has 6 heteroatoms. The molecule has 3 rings (SSSR count). The third kappa shape index (κ3) is 2.01. The molecule has 92 valence electrons. The van der Waals surface area contributed by atoms with Crippen molar-refractivity contribution in [3.63, 3.8) is 0 Å². The van der Waals surface area contributed by atoms with E-state index in [4.69, 9.17) is 17.3 Å². The lowest BCUT2D eigenvalue weighted by atomic mass is 10.2. The second-order valence-electron chi connectivity index (χ2n) is 4.09. The number of nitrogens with zero attached hydrogens (tertiary/aromatic N) is 3. The van der Waals surface area contributed by atoms with Crippen LogP contribution in [-0.2, 0) is 7.05 Å². The molecule has 0 spiro atoms. The average Bonchev–Trinajstić information content (AvgIpc) is 2.93. The smallest absolute Gasteiger partial charge is 0.115 e. The third-order valence-corrected chi connectivity index (χ3v) is 4.05. The van der Waals surface area contributed by atoms with E-state index in [1.54, 1.807) is 22.2 Å². The SMILES string of the molecule is Cn1cc(C(N)c2nc3ccc(Cl)cc3s2)cn1. The molecular formula is C12H11ClN4S. The van der Waals surface area contributed by atoms with Crippen molar-refractivity contribution in [2.75, 3.05) is 0 Å². The molecule has 2 aromatic heterocycles. The van der Waals surface area contributed by atoms with E-state index in [9.17, 15) is 0 Å². The average molecular weight is 279 g/mol. The summed E-state index contributed by atoms with van der Waals surface area (Å²) in [6.45, 7) is 0. The van der Waals surface area contributed by atoms with Gasteiger partial charge in [0.25, 0.3) is 0 Å². The van der Waals surface area contributed by atoms with Gasteiger partial charge in [-0.05, 0) is 18.2 Å². The zero-order valence-corrected chi connectivity index (χ0v) is 11.2. The zero-order valence-electron chi connectivity index (χ0n) is 9.67. The van der Waals surface area contributed by atoms with E-state index in [-0.39, 0.29) is 6.04 Å². The van der Waals surface area contributed by atoms with E-state index in [0.717, 1.165) is 20.8 Å². The number of hydrogen-bond acceptors (Lipinski definition) is 4. The van der Waals surface area contributed by atoms with E-state index < -0.39 is 0 Å². The number of aryl methyl sites for hydroxylation is 1. The molecule has 0 amide bonds. The summed E-state index contributed by atoms with van der Waals surface area (Å²) in [4.78, 5) is 4.54. The van der Waals surface area contributed by atoms with Crippen LogP contribution in [0, 0.1) is 0 Å². The highest BCUT2D eigenvalue weighted by Crippen LogP contribution is 2.30. The van der Waals surface area contributed by atoms with Crippen LogP contribution in [0.4, 0.5) is 0 Å². The maximum atomic E-state index is 6.19. The maximum Gasteiger partial charge on any atom is 0.115 e. The number of fused-ring (bicyclic) bond motifs is 1. The summed E-state index contributed by atoms with van der Waals surface area (Å²) in [5.41, 5.74) is 8.08. The topological polar surface area (TPSA) is 56.7 Å². The number of rotatable bonds is 2. The van der Waals surface area contributed by atoms with E-state index in [1.165, 1.54) is 0 Å². The van der Waals surface area contributed by atoms with Crippen LogP contribution in [0.2, 0.25) is 5.02 Å². The molecule has 2 N–H and O–H groups in total. The lowest BCUT2D eigenvalue weighted by Crippen LogP contribution is -2.10. The first-order valence-corrected chi connectivity index (χ1v) is 6.63. The molecule has 0 aliphatic carbocycles. The highest BCUT2D eigenvalue weighted by atomic mass is 35.5. The van der Waals surface area contributed by atoms with Crippen molar-refractivity contribution in [1.29, 1.82) is 0 Å². The van der Waals surface area contributed by atoms with E-state index in [2.05, 4.69) is 10.1 Å². The van der Waals surface area contributed by atoms with E-state index in [1.807, 2.05) is 31.4 Å². The van der Waals surface area contributed by atoms with Gasteiger partial charge in [-0.3, -0.25) is 4.68 Å². The van der Waals surface area contributed by atoms with Gasteiger partial charge in [0.1, 0.15) is 5.01 Å². The minimum atomic E-state index is -0.241. The number of thiazole rings is 1. The summed E-state index contributed by atoms with van der Waals surface area (Å²) in [7, 11) is 1.87. The highest BCUT2D eigenvalue weighted by molar-refractivity contribution is 7.18. The first-order chi connectivity index (χ1) is 8.63. The normalized spacial score (nSPS) is 13.1. The number of nitrogens with two attached hydrogens (primary N) is 1. The Morgan fingerprint density at radius 3 is 3.00 bits per heavy atom. The Morgan fingerprint density at radius 1 is 1.44 bits per heavy atom. The number of halogens is 1. The molecule has 1 atom stereocenters. The van der Waals surface area contributed by atoms with Gasteiger partial charge in [-0.1, -0.05) is 11.6 Å². The largest absolute Gasteiger partial charge is 0.318 e. The quantitative estimate of drug-likeness (QED) is 0.784. The fourth-order valence-electron chi connectivity index (χ4n) is 1.79. The van der Waals surface area contributed by atoms with Crippen LogP contribution >= 0.6 is 22.9 Å². The molecule has 0 fully saturated rings. The summed E-state index contributed by atoms with van der Waals surface area (Å²) in [5, 5.41) is 5.71. The van der Waals surface area contributed by atoms with Crippen molar-refractivity contribution >= 4 is 33.2 Å². The van der Waals surface area contributed by atoms with Crippen LogP contribution in [0.1, 0.15) is 16.6 Å². The standard InChI is InChI=1S/C12H11ClN4S/c1-17-6-7(5-15-17)11(14)12-16-9-3-2-8(13)4-10(9)18-12/h2-6,11H,14H2,1H3. The van der Waals surface area contributed by atoms with Crippen molar-refractivity contribution in [2.24, 2.45) is 12.8 Å². The molecule has 0 saturated carbocycles. The van der Waals surface area contributed by atoms with Crippen LogP contribution in [-0.4, -0.2) is 14.8 Å². The van der Waals surface area contributed by atoms with Crippen LogP contribution in [0.25, 0.3) is 10.2 Å². The molecule has 0 radical (unpaired) electrons. The predicted molar refractivity (Wildman–Crippen MR) is 73.9 cm³/mol. The van der Waals surface area contributed by atoms with E-state index in [0.29, 0.717) is 5.02 Å². The Morgan fingerprint density at radius 2 is 2.28 bits per heavy atom. The third-order valence-electron chi connectivity index (χ3n) is 2.72. The van der Waals surface area contributed by atoms with Gasteiger partial charge in [-0.15, -0.1) is 11.3 Å². The van der Waals surface area contributed by atoms with Gasteiger partial charge in [0, 0.05) is 23.8 Å². The molecule has 1 unspecified atom stereocenters. The molecule has 0 saturated heterocycles. The Bertz CT molecular complexity index is 703.